The highest BCUT2D eigenvalue weighted by Crippen LogP contribution is 2.47. The molecule has 0 saturated heterocycles. The molecule has 1 aromatic carbocycles. The summed E-state index contributed by atoms with van der Waals surface area (Å²) in [6.07, 6.45) is 7.04. The van der Waals surface area contributed by atoms with Crippen molar-refractivity contribution in [2.24, 2.45) is 5.92 Å². The van der Waals surface area contributed by atoms with Gasteiger partial charge in [-0.3, -0.25) is 4.79 Å². The van der Waals surface area contributed by atoms with Crippen molar-refractivity contribution in [1.29, 1.82) is 0 Å². The Morgan fingerprint density at radius 2 is 1.79 bits per heavy atom. The summed E-state index contributed by atoms with van der Waals surface area (Å²) in [7, 11) is 0. The van der Waals surface area contributed by atoms with Crippen molar-refractivity contribution in [3.8, 4) is 5.75 Å². The van der Waals surface area contributed by atoms with E-state index in [1.807, 2.05) is 12.1 Å². The van der Waals surface area contributed by atoms with Gasteiger partial charge in [-0.15, -0.1) is 0 Å². The lowest BCUT2D eigenvalue weighted by Crippen LogP contribution is -2.37. The van der Waals surface area contributed by atoms with Gasteiger partial charge in [0.15, 0.2) is 0 Å². The molecule has 2 fully saturated rings. The summed E-state index contributed by atoms with van der Waals surface area (Å²) in [5, 5.41) is 12.5. The van der Waals surface area contributed by atoms with Crippen molar-refractivity contribution in [2.75, 3.05) is 0 Å². The van der Waals surface area contributed by atoms with Crippen LogP contribution in [0.2, 0.25) is 0 Å². The van der Waals surface area contributed by atoms with Crippen molar-refractivity contribution in [1.82, 2.24) is 5.32 Å². The van der Waals surface area contributed by atoms with E-state index in [-0.39, 0.29) is 17.6 Å². The summed E-state index contributed by atoms with van der Waals surface area (Å²) >= 11 is 0. The molecule has 3 nitrogen and oxygen atoms in total. The first-order valence-corrected chi connectivity index (χ1v) is 7.33. The molecule has 0 bridgehead atoms. The molecule has 19 heavy (non-hydrogen) atoms. The van der Waals surface area contributed by atoms with Crippen LogP contribution < -0.4 is 5.32 Å². The van der Waals surface area contributed by atoms with Gasteiger partial charge in [0.05, 0.1) is 0 Å². The second-order valence-electron chi connectivity index (χ2n) is 5.88. The molecule has 1 amide bonds. The van der Waals surface area contributed by atoms with Gasteiger partial charge in [-0.1, -0.05) is 31.4 Å². The number of hydrogen-bond donors (Lipinski definition) is 2. The van der Waals surface area contributed by atoms with Gasteiger partial charge in [0.25, 0.3) is 0 Å². The fourth-order valence-electron chi connectivity index (χ4n) is 3.13. The average molecular weight is 259 g/mol. The molecule has 1 aromatic rings. The summed E-state index contributed by atoms with van der Waals surface area (Å²) in [5.41, 5.74) is 1.17. The van der Waals surface area contributed by atoms with E-state index in [2.05, 4.69) is 5.32 Å². The molecule has 0 aromatic heterocycles. The quantitative estimate of drug-likeness (QED) is 0.876. The van der Waals surface area contributed by atoms with E-state index >= 15 is 0 Å². The molecule has 102 valence electrons. The molecule has 2 aliphatic carbocycles. The number of hydrogen-bond acceptors (Lipinski definition) is 2. The lowest BCUT2D eigenvalue weighted by Gasteiger charge is -2.22. The number of amides is 1. The minimum absolute atomic E-state index is 0.145. The molecular weight excluding hydrogens is 238 g/mol. The zero-order chi connectivity index (χ0) is 13.2. The van der Waals surface area contributed by atoms with Crippen molar-refractivity contribution in [3.05, 3.63) is 29.8 Å². The van der Waals surface area contributed by atoms with Gasteiger partial charge in [-0.05, 0) is 42.9 Å². The maximum absolute atomic E-state index is 12.2. The molecular formula is C16H21NO2. The Kier molecular flexibility index (Phi) is 3.45. The van der Waals surface area contributed by atoms with Crippen LogP contribution >= 0.6 is 0 Å². The van der Waals surface area contributed by atoms with E-state index in [9.17, 15) is 9.90 Å². The fraction of sp³-hybridized carbons (Fsp3) is 0.562. The Morgan fingerprint density at radius 3 is 2.47 bits per heavy atom. The van der Waals surface area contributed by atoms with Gasteiger partial charge in [-0.25, -0.2) is 0 Å². The topological polar surface area (TPSA) is 49.3 Å². The number of carbonyl (C=O) groups is 1. The normalized spacial score (nSPS) is 26.9. The predicted molar refractivity (Wildman–Crippen MR) is 74.0 cm³/mol. The third-order valence-corrected chi connectivity index (χ3v) is 4.40. The molecule has 2 N–H and O–H groups in total. The highest BCUT2D eigenvalue weighted by molar-refractivity contribution is 5.83. The number of nitrogens with one attached hydrogen (secondary N) is 1. The van der Waals surface area contributed by atoms with Crippen LogP contribution in [0.3, 0.4) is 0 Å². The van der Waals surface area contributed by atoms with E-state index < -0.39 is 0 Å². The van der Waals surface area contributed by atoms with Gasteiger partial charge in [0.2, 0.25) is 5.91 Å². The van der Waals surface area contributed by atoms with E-state index in [0.29, 0.717) is 12.0 Å². The van der Waals surface area contributed by atoms with Crippen LogP contribution in [0, 0.1) is 5.92 Å². The van der Waals surface area contributed by atoms with Crippen molar-refractivity contribution >= 4 is 5.91 Å². The maximum atomic E-state index is 12.2. The zero-order valence-corrected chi connectivity index (χ0v) is 11.1. The number of carbonyl (C=O) groups excluding carboxylic acids is 1. The van der Waals surface area contributed by atoms with Crippen LogP contribution in [0.5, 0.6) is 5.75 Å². The lowest BCUT2D eigenvalue weighted by atomic mass is 9.95. The zero-order valence-electron chi connectivity index (χ0n) is 11.1. The Balaban J connectivity index is 1.54. The van der Waals surface area contributed by atoms with Crippen LogP contribution in [0.15, 0.2) is 24.3 Å². The van der Waals surface area contributed by atoms with Gasteiger partial charge in [0, 0.05) is 12.0 Å². The minimum atomic E-state index is 0.145. The summed E-state index contributed by atoms with van der Waals surface area (Å²) in [4.78, 5) is 12.2. The maximum Gasteiger partial charge on any atom is 0.223 e. The summed E-state index contributed by atoms with van der Waals surface area (Å²) in [5.74, 6) is 1.01. The van der Waals surface area contributed by atoms with Crippen molar-refractivity contribution in [2.45, 2.75) is 50.5 Å². The summed E-state index contributed by atoms with van der Waals surface area (Å²) in [6, 6.07) is 7.65. The van der Waals surface area contributed by atoms with Crippen LogP contribution in [-0.4, -0.2) is 17.1 Å². The van der Waals surface area contributed by atoms with Crippen LogP contribution in [-0.2, 0) is 4.79 Å². The van der Waals surface area contributed by atoms with E-state index in [4.69, 9.17) is 0 Å². The number of aromatic hydroxyl groups is 1. The average Bonchev–Trinajstić information content (AvgIpc) is 3.21. The number of benzene rings is 1. The Bertz CT molecular complexity index is 448. The van der Waals surface area contributed by atoms with Crippen molar-refractivity contribution in [3.63, 3.8) is 0 Å². The smallest absolute Gasteiger partial charge is 0.223 e. The number of rotatable bonds is 3. The summed E-state index contributed by atoms with van der Waals surface area (Å²) < 4.78 is 0. The molecule has 0 radical (unpaired) electrons. The first-order valence-electron chi connectivity index (χ1n) is 7.33. The van der Waals surface area contributed by atoms with Crippen LogP contribution in [0.1, 0.15) is 50.0 Å². The predicted octanol–water partition coefficient (Wildman–Crippen LogP) is 2.94. The third kappa shape index (κ3) is 2.91. The van der Waals surface area contributed by atoms with E-state index in [1.54, 1.807) is 12.1 Å². The van der Waals surface area contributed by atoms with Gasteiger partial charge < -0.3 is 10.4 Å². The second-order valence-corrected chi connectivity index (χ2v) is 5.88. The second kappa shape index (κ2) is 5.24. The standard InChI is InChI=1S/C16H21NO2/c18-13-8-6-11(7-9-13)14-10-15(14)16(19)17-12-4-2-1-3-5-12/h6-9,12,14-15,18H,1-5,10H2,(H,17,19). The van der Waals surface area contributed by atoms with Crippen molar-refractivity contribution < 1.29 is 9.90 Å². The van der Waals surface area contributed by atoms with Crippen LogP contribution in [0.25, 0.3) is 0 Å². The largest absolute Gasteiger partial charge is 0.508 e. The summed E-state index contributed by atoms with van der Waals surface area (Å²) in [6.45, 7) is 0. The highest BCUT2D eigenvalue weighted by Gasteiger charge is 2.44. The Labute approximate surface area is 114 Å². The van der Waals surface area contributed by atoms with Gasteiger partial charge in [-0.2, -0.15) is 0 Å². The first-order chi connectivity index (χ1) is 9.24. The van der Waals surface area contributed by atoms with Crippen LogP contribution in [0.4, 0.5) is 0 Å². The minimum Gasteiger partial charge on any atom is -0.508 e. The number of phenols is 1. The Morgan fingerprint density at radius 1 is 1.11 bits per heavy atom. The number of phenolic OH excluding ortho intramolecular Hbond substituents is 1. The third-order valence-electron chi connectivity index (χ3n) is 4.40. The van der Waals surface area contributed by atoms with E-state index in [1.165, 1.54) is 24.8 Å². The highest BCUT2D eigenvalue weighted by atomic mass is 16.3. The molecule has 2 unspecified atom stereocenters. The molecule has 3 rings (SSSR count). The van der Waals surface area contributed by atoms with E-state index in [0.717, 1.165) is 19.3 Å². The van der Waals surface area contributed by atoms with Gasteiger partial charge in [0.1, 0.15) is 5.75 Å². The molecule has 3 heteroatoms. The SMILES string of the molecule is O=C(NC1CCCCC1)C1CC1c1ccc(O)cc1. The van der Waals surface area contributed by atoms with Gasteiger partial charge >= 0.3 is 0 Å². The Hall–Kier alpha value is -1.51. The molecule has 2 aliphatic rings. The molecule has 2 atom stereocenters. The molecule has 0 spiro atoms. The molecule has 2 saturated carbocycles. The lowest BCUT2D eigenvalue weighted by molar-refractivity contribution is -0.123. The monoisotopic (exact) mass is 259 g/mol. The first kappa shape index (κ1) is 12.5. The molecule has 0 heterocycles. The fourth-order valence-corrected chi connectivity index (χ4v) is 3.13. The molecule has 0 aliphatic heterocycles.